The molecule has 20 heavy (non-hydrogen) atoms. The van der Waals surface area contributed by atoms with E-state index in [2.05, 4.69) is 24.4 Å². The van der Waals surface area contributed by atoms with Crippen molar-refractivity contribution in [1.29, 1.82) is 0 Å². The SMILES string of the molecule is CC1CCCC1C(N)c1ccc2c(c1)CCCC(=O)N2. The van der Waals surface area contributed by atoms with E-state index < -0.39 is 0 Å². The lowest BCUT2D eigenvalue weighted by Crippen LogP contribution is -2.23. The maximum atomic E-state index is 11.6. The minimum absolute atomic E-state index is 0.130. The van der Waals surface area contributed by atoms with Crippen LogP contribution in [0, 0.1) is 11.8 Å². The Labute approximate surface area is 120 Å². The lowest BCUT2D eigenvalue weighted by Gasteiger charge is -2.24. The molecule has 3 heteroatoms. The van der Waals surface area contributed by atoms with Gasteiger partial charge in [-0.05, 0) is 48.3 Å². The topological polar surface area (TPSA) is 55.1 Å². The molecule has 3 N–H and O–H groups in total. The van der Waals surface area contributed by atoms with Gasteiger partial charge >= 0.3 is 0 Å². The van der Waals surface area contributed by atoms with Crippen molar-refractivity contribution in [3.63, 3.8) is 0 Å². The number of anilines is 1. The molecule has 1 amide bonds. The highest BCUT2D eigenvalue weighted by Crippen LogP contribution is 2.39. The number of carbonyl (C=O) groups excluding carboxylic acids is 1. The number of fused-ring (bicyclic) bond motifs is 1. The van der Waals surface area contributed by atoms with E-state index >= 15 is 0 Å². The van der Waals surface area contributed by atoms with Crippen molar-refractivity contribution in [3.8, 4) is 0 Å². The number of nitrogens with one attached hydrogen (secondary N) is 1. The summed E-state index contributed by atoms with van der Waals surface area (Å²) in [6.07, 6.45) is 6.37. The number of nitrogens with two attached hydrogens (primary N) is 1. The summed E-state index contributed by atoms with van der Waals surface area (Å²) in [4.78, 5) is 11.6. The summed E-state index contributed by atoms with van der Waals surface area (Å²) < 4.78 is 0. The van der Waals surface area contributed by atoms with Crippen LogP contribution < -0.4 is 11.1 Å². The maximum absolute atomic E-state index is 11.6. The van der Waals surface area contributed by atoms with Crippen molar-refractivity contribution < 1.29 is 4.79 Å². The second-order valence-electron chi connectivity index (χ2n) is 6.42. The Kier molecular flexibility index (Phi) is 3.79. The predicted octanol–water partition coefficient (Wildman–Crippen LogP) is 3.40. The van der Waals surface area contributed by atoms with E-state index in [4.69, 9.17) is 5.73 Å². The Balaban J connectivity index is 1.84. The van der Waals surface area contributed by atoms with Crippen molar-refractivity contribution in [3.05, 3.63) is 29.3 Å². The van der Waals surface area contributed by atoms with Crippen LogP contribution in [-0.4, -0.2) is 5.91 Å². The molecule has 108 valence electrons. The average molecular weight is 272 g/mol. The first-order valence-corrected chi connectivity index (χ1v) is 7.83. The molecule has 1 aliphatic heterocycles. The maximum Gasteiger partial charge on any atom is 0.224 e. The molecule has 1 aliphatic carbocycles. The van der Waals surface area contributed by atoms with E-state index in [-0.39, 0.29) is 11.9 Å². The second kappa shape index (κ2) is 5.57. The molecule has 0 bridgehead atoms. The van der Waals surface area contributed by atoms with Crippen LogP contribution >= 0.6 is 0 Å². The number of rotatable bonds is 2. The number of aryl methyl sites for hydroxylation is 1. The first-order chi connectivity index (χ1) is 9.65. The Morgan fingerprint density at radius 3 is 2.85 bits per heavy atom. The molecule has 0 saturated heterocycles. The zero-order chi connectivity index (χ0) is 14.1. The van der Waals surface area contributed by atoms with Crippen LogP contribution in [0.3, 0.4) is 0 Å². The molecule has 3 atom stereocenters. The van der Waals surface area contributed by atoms with Crippen LogP contribution in [0.15, 0.2) is 18.2 Å². The van der Waals surface area contributed by atoms with Gasteiger partial charge in [0.1, 0.15) is 0 Å². The molecule has 1 aromatic rings. The summed E-state index contributed by atoms with van der Waals surface area (Å²) in [5.41, 5.74) is 9.96. The molecule has 1 aromatic carbocycles. The van der Waals surface area contributed by atoms with Crippen LogP contribution in [0.5, 0.6) is 0 Å². The van der Waals surface area contributed by atoms with Crippen LogP contribution in [0.4, 0.5) is 5.69 Å². The van der Waals surface area contributed by atoms with E-state index in [1.54, 1.807) is 0 Å². The quantitative estimate of drug-likeness (QED) is 0.867. The Morgan fingerprint density at radius 2 is 2.10 bits per heavy atom. The highest BCUT2D eigenvalue weighted by Gasteiger charge is 2.30. The Hall–Kier alpha value is -1.35. The summed E-state index contributed by atoms with van der Waals surface area (Å²) in [7, 11) is 0. The van der Waals surface area contributed by atoms with E-state index in [0.717, 1.165) is 24.4 Å². The number of carbonyl (C=O) groups is 1. The van der Waals surface area contributed by atoms with E-state index in [0.29, 0.717) is 12.3 Å². The third-order valence-electron chi connectivity index (χ3n) is 5.03. The van der Waals surface area contributed by atoms with Gasteiger partial charge in [-0.1, -0.05) is 31.9 Å². The van der Waals surface area contributed by atoms with Gasteiger partial charge in [-0.15, -0.1) is 0 Å². The van der Waals surface area contributed by atoms with Crippen molar-refractivity contribution in [1.82, 2.24) is 0 Å². The second-order valence-corrected chi connectivity index (χ2v) is 6.42. The minimum atomic E-state index is 0.130. The van der Waals surface area contributed by atoms with Gasteiger partial charge in [-0.25, -0.2) is 0 Å². The third-order valence-corrected chi connectivity index (χ3v) is 5.03. The molecule has 3 nitrogen and oxygen atoms in total. The number of hydrogen-bond acceptors (Lipinski definition) is 2. The molecule has 0 aromatic heterocycles. The van der Waals surface area contributed by atoms with Crippen molar-refractivity contribution in [2.75, 3.05) is 5.32 Å². The molecule has 1 heterocycles. The Morgan fingerprint density at radius 1 is 1.25 bits per heavy atom. The van der Waals surface area contributed by atoms with Gasteiger partial charge in [0, 0.05) is 18.2 Å². The minimum Gasteiger partial charge on any atom is -0.326 e. The standard InChI is InChI=1S/C17H24N2O/c1-11-4-2-6-14(11)17(18)13-8-9-15-12(10-13)5-3-7-16(20)19-15/h8-11,14,17H,2-7,18H2,1H3,(H,19,20). The van der Waals surface area contributed by atoms with Gasteiger partial charge in [0.25, 0.3) is 0 Å². The Bertz CT molecular complexity index is 512. The summed E-state index contributed by atoms with van der Waals surface area (Å²) >= 11 is 0. The molecule has 2 aliphatic rings. The van der Waals surface area contributed by atoms with Crippen molar-refractivity contribution in [2.24, 2.45) is 17.6 Å². The normalized spacial score (nSPS) is 27.6. The molecule has 0 spiro atoms. The fourth-order valence-corrected chi connectivity index (χ4v) is 3.76. The van der Waals surface area contributed by atoms with Crippen molar-refractivity contribution in [2.45, 2.75) is 51.5 Å². The molecular formula is C17H24N2O. The van der Waals surface area contributed by atoms with Crippen LogP contribution in [0.25, 0.3) is 0 Å². The van der Waals surface area contributed by atoms with Gasteiger partial charge in [0.05, 0.1) is 0 Å². The lowest BCUT2D eigenvalue weighted by atomic mass is 9.85. The number of hydrogen-bond donors (Lipinski definition) is 2. The zero-order valence-electron chi connectivity index (χ0n) is 12.2. The molecule has 3 unspecified atom stereocenters. The fraction of sp³-hybridized carbons (Fsp3) is 0.588. The van der Waals surface area contributed by atoms with Gasteiger partial charge in [-0.2, -0.15) is 0 Å². The molecule has 3 rings (SSSR count). The largest absolute Gasteiger partial charge is 0.326 e. The number of amides is 1. The van der Waals surface area contributed by atoms with E-state index in [1.165, 1.54) is 30.4 Å². The van der Waals surface area contributed by atoms with Crippen LogP contribution in [0.1, 0.15) is 56.2 Å². The highest BCUT2D eigenvalue weighted by molar-refractivity contribution is 5.92. The van der Waals surface area contributed by atoms with Gasteiger partial charge in [0.15, 0.2) is 0 Å². The zero-order valence-corrected chi connectivity index (χ0v) is 12.2. The summed E-state index contributed by atoms with van der Waals surface area (Å²) in [6, 6.07) is 6.49. The van der Waals surface area contributed by atoms with E-state index in [1.807, 2.05) is 6.07 Å². The fourth-order valence-electron chi connectivity index (χ4n) is 3.76. The first-order valence-electron chi connectivity index (χ1n) is 7.83. The summed E-state index contributed by atoms with van der Waals surface area (Å²) in [5, 5.41) is 2.99. The monoisotopic (exact) mass is 272 g/mol. The predicted molar refractivity (Wildman–Crippen MR) is 81.4 cm³/mol. The molecule has 1 saturated carbocycles. The van der Waals surface area contributed by atoms with Crippen LogP contribution in [-0.2, 0) is 11.2 Å². The average Bonchev–Trinajstić information content (AvgIpc) is 2.76. The molecular weight excluding hydrogens is 248 g/mol. The van der Waals surface area contributed by atoms with E-state index in [9.17, 15) is 4.79 Å². The van der Waals surface area contributed by atoms with Crippen LogP contribution in [0.2, 0.25) is 0 Å². The van der Waals surface area contributed by atoms with Gasteiger partial charge < -0.3 is 11.1 Å². The summed E-state index contributed by atoms with van der Waals surface area (Å²) in [5.74, 6) is 1.46. The first kappa shape index (κ1) is 13.6. The third kappa shape index (κ3) is 2.59. The molecule has 1 fully saturated rings. The van der Waals surface area contributed by atoms with Gasteiger partial charge in [0.2, 0.25) is 5.91 Å². The number of benzene rings is 1. The lowest BCUT2D eigenvalue weighted by molar-refractivity contribution is -0.116. The van der Waals surface area contributed by atoms with Gasteiger partial charge in [-0.3, -0.25) is 4.79 Å². The smallest absolute Gasteiger partial charge is 0.224 e. The van der Waals surface area contributed by atoms with Crippen molar-refractivity contribution >= 4 is 11.6 Å². The molecule has 0 radical (unpaired) electrons. The highest BCUT2D eigenvalue weighted by atomic mass is 16.1. The summed E-state index contributed by atoms with van der Waals surface area (Å²) in [6.45, 7) is 2.32.